The maximum atomic E-state index is 12.4. The second-order valence-electron chi connectivity index (χ2n) is 9.48. The molecule has 1 rings (SSSR count). The molecule has 37 heavy (non-hydrogen) atoms. The van der Waals surface area contributed by atoms with E-state index in [4.69, 9.17) is 34.2 Å². The summed E-state index contributed by atoms with van der Waals surface area (Å²) in [6, 6.07) is 3.29. The summed E-state index contributed by atoms with van der Waals surface area (Å²) < 4.78 is 31.1. The zero-order valence-electron chi connectivity index (χ0n) is 22.8. The topological polar surface area (TPSA) is 150 Å². The van der Waals surface area contributed by atoms with E-state index in [-0.39, 0.29) is 36.4 Å². The largest absolute Gasteiger partial charge is 0.514 e. The molecule has 0 saturated heterocycles. The Kier molecular flexibility index (Phi) is 12.9. The minimum atomic E-state index is -1.07. The molecule has 0 aliphatic heterocycles. The number of carbonyl (C=O) groups excluding carboxylic acids is 4. The predicted octanol–water partition coefficient (Wildman–Crippen LogP) is 4.17. The number of carbonyl (C=O) groups is 4. The minimum Gasteiger partial charge on any atom is -0.462 e. The minimum absolute atomic E-state index is 0.0159. The highest BCUT2D eigenvalue weighted by Gasteiger charge is 2.23. The zero-order valence-corrected chi connectivity index (χ0v) is 22.8. The molecule has 2 unspecified atom stereocenters. The van der Waals surface area contributed by atoms with Gasteiger partial charge in [0.15, 0.2) is 11.5 Å². The van der Waals surface area contributed by atoms with Crippen LogP contribution in [0.1, 0.15) is 61.0 Å². The van der Waals surface area contributed by atoms with Crippen LogP contribution in [0.25, 0.3) is 0 Å². The molecule has 0 amide bonds. The Hall–Kier alpha value is -3.34. The van der Waals surface area contributed by atoms with E-state index < -0.39 is 48.6 Å². The van der Waals surface area contributed by atoms with Crippen LogP contribution in [0, 0.1) is 11.8 Å². The smallest absolute Gasteiger partial charge is 0.462 e. The lowest BCUT2D eigenvalue weighted by molar-refractivity contribution is -0.157. The van der Waals surface area contributed by atoms with E-state index in [2.05, 4.69) is 0 Å². The van der Waals surface area contributed by atoms with Crippen LogP contribution in [-0.2, 0) is 35.0 Å². The molecular formula is C26H39NO10. The lowest BCUT2D eigenvalue weighted by atomic mass is 10.1. The van der Waals surface area contributed by atoms with Crippen molar-refractivity contribution in [2.24, 2.45) is 17.6 Å². The Labute approximate surface area is 217 Å². The monoisotopic (exact) mass is 525 g/mol. The number of hydrogen-bond donors (Lipinski definition) is 1. The fourth-order valence-electron chi connectivity index (χ4n) is 2.54. The molecule has 2 N–H and O–H groups in total. The Bertz CT molecular complexity index is 930. The van der Waals surface area contributed by atoms with Gasteiger partial charge in [0.2, 0.25) is 0 Å². The normalized spacial score (nSPS) is 14.2. The summed E-state index contributed by atoms with van der Waals surface area (Å²) in [5.41, 5.74) is 6.48. The van der Waals surface area contributed by atoms with E-state index in [0.717, 1.165) is 0 Å². The van der Waals surface area contributed by atoms with Gasteiger partial charge in [-0.05, 0) is 56.7 Å². The molecule has 0 fully saturated rings. The fraction of sp³-hybridized carbons (Fsp3) is 0.615. The van der Waals surface area contributed by atoms with E-state index >= 15 is 0 Å². The standard InChI is InChI=1S/C26H39NO10/c1-14(2)17(6)34-25(30)36-22-10-9-20(12-23(22)37-26(31)35-18(7)15(3)4)11-21(27)24(29)33-16(5)13-32-19(8)28/h9-10,12,14-18,21H,11,13,27H2,1-8H3/t16-,17?,18?,21+/m1/s1. The molecule has 1 aromatic rings. The summed E-state index contributed by atoms with van der Waals surface area (Å²) in [6.07, 6.45) is -3.45. The van der Waals surface area contributed by atoms with Crippen molar-refractivity contribution in [2.45, 2.75) is 86.2 Å². The Morgan fingerprint density at radius 3 is 1.78 bits per heavy atom. The highest BCUT2D eigenvalue weighted by molar-refractivity contribution is 5.76. The van der Waals surface area contributed by atoms with E-state index in [1.165, 1.54) is 19.1 Å². The molecule has 0 aromatic heterocycles. The zero-order chi connectivity index (χ0) is 28.3. The van der Waals surface area contributed by atoms with Gasteiger partial charge in [-0.3, -0.25) is 9.59 Å². The van der Waals surface area contributed by atoms with Crippen molar-refractivity contribution in [3.63, 3.8) is 0 Å². The SMILES string of the molecule is CC(=O)OC[C@@H](C)OC(=O)[C@@H](N)Cc1ccc(OC(=O)OC(C)C(C)C)c(OC(=O)OC(C)C(C)C)c1. The van der Waals surface area contributed by atoms with Gasteiger partial charge in [0.05, 0.1) is 0 Å². The number of hydrogen-bond acceptors (Lipinski definition) is 11. The van der Waals surface area contributed by atoms with Crippen LogP contribution >= 0.6 is 0 Å². The van der Waals surface area contributed by atoms with Gasteiger partial charge < -0.3 is 34.2 Å². The average Bonchev–Trinajstić information content (AvgIpc) is 2.78. The first kappa shape index (κ1) is 31.7. The van der Waals surface area contributed by atoms with Crippen molar-refractivity contribution in [3.8, 4) is 11.5 Å². The summed E-state index contributed by atoms with van der Waals surface area (Å²) in [7, 11) is 0. The molecule has 0 saturated carbocycles. The van der Waals surface area contributed by atoms with E-state index in [9.17, 15) is 19.2 Å². The molecule has 0 spiro atoms. The maximum absolute atomic E-state index is 12.4. The van der Waals surface area contributed by atoms with Crippen LogP contribution in [0.2, 0.25) is 0 Å². The van der Waals surface area contributed by atoms with Crippen LogP contribution in [0.4, 0.5) is 9.59 Å². The molecule has 11 heteroatoms. The number of rotatable bonds is 12. The Morgan fingerprint density at radius 1 is 0.784 bits per heavy atom. The van der Waals surface area contributed by atoms with Crippen molar-refractivity contribution >= 4 is 24.2 Å². The van der Waals surface area contributed by atoms with Crippen molar-refractivity contribution in [2.75, 3.05) is 6.61 Å². The second kappa shape index (κ2) is 15.0. The first-order valence-corrected chi connectivity index (χ1v) is 12.2. The van der Waals surface area contributed by atoms with Gasteiger partial charge >= 0.3 is 24.2 Å². The number of esters is 2. The molecule has 1 aromatic carbocycles. The molecule has 208 valence electrons. The lowest BCUT2D eigenvalue weighted by Gasteiger charge is -2.19. The van der Waals surface area contributed by atoms with Gasteiger partial charge in [0.25, 0.3) is 0 Å². The van der Waals surface area contributed by atoms with Crippen molar-refractivity contribution in [3.05, 3.63) is 23.8 Å². The van der Waals surface area contributed by atoms with Crippen molar-refractivity contribution in [1.29, 1.82) is 0 Å². The van der Waals surface area contributed by atoms with E-state index in [1.54, 1.807) is 26.8 Å². The predicted molar refractivity (Wildman–Crippen MR) is 133 cm³/mol. The van der Waals surface area contributed by atoms with Crippen LogP contribution in [0.5, 0.6) is 11.5 Å². The molecule has 0 aliphatic carbocycles. The molecule has 11 nitrogen and oxygen atoms in total. The Morgan fingerprint density at radius 2 is 1.30 bits per heavy atom. The van der Waals surface area contributed by atoms with Gasteiger partial charge in [0.1, 0.15) is 31.0 Å². The first-order valence-electron chi connectivity index (χ1n) is 12.2. The molecule has 0 bridgehead atoms. The lowest BCUT2D eigenvalue weighted by Crippen LogP contribution is -2.37. The molecule has 0 radical (unpaired) electrons. The van der Waals surface area contributed by atoms with Crippen LogP contribution < -0.4 is 15.2 Å². The van der Waals surface area contributed by atoms with Gasteiger partial charge in [0, 0.05) is 6.92 Å². The number of ether oxygens (including phenoxy) is 6. The van der Waals surface area contributed by atoms with Gasteiger partial charge in [-0.25, -0.2) is 9.59 Å². The van der Waals surface area contributed by atoms with Gasteiger partial charge in [-0.15, -0.1) is 0 Å². The third-order valence-electron chi connectivity index (χ3n) is 5.43. The third kappa shape index (κ3) is 12.0. The van der Waals surface area contributed by atoms with Crippen molar-refractivity contribution < 1.29 is 47.6 Å². The average molecular weight is 526 g/mol. The highest BCUT2D eigenvalue weighted by atomic mass is 16.8. The van der Waals surface area contributed by atoms with Gasteiger partial charge in [-0.1, -0.05) is 33.8 Å². The number of benzene rings is 1. The summed E-state index contributed by atoms with van der Waals surface area (Å²) >= 11 is 0. The molecule has 4 atom stereocenters. The molecule has 0 heterocycles. The first-order chi connectivity index (χ1) is 17.2. The van der Waals surface area contributed by atoms with E-state index in [0.29, 0.717) is 5.56 Å². The Balaban J connectivity index is 3.02. The second-order valence-corrected chi connectivity index (χ2v) is 9.48. The van der Waals surface area contributed by atoms with Gasteiger partial charge in [-0.2, -0.15) is 0 Å². The van der Waals surface area contributed by atoms with Crippen LogP contribution in [-0.4, -0.2) is 55.2 Å². The fourth-order valence-corrected chi connectivity index (χ4v) is 2.54. The summed E-state index contributed by atoms with van der Waals surface area (Å²) in [5.74, 6) is -1.28. The third-order valence-corrected chi connectivity index (χ3v) is 5.43. The molecule has 0 aliphatic rings. The van der Waals surface area contributed by atoms with Crippen LogP contribution in [0.15, 0.2) is 18.2 Å². The van der Waals surface area contributed by atoms with Crippen LogP contribution in [0.3, 0.4) is 0 Å². The quantitative estimate of drug-likeness (QED) is 0.238. The van der Waals surface area contributed by atoms with E-state index in [1.807, 2.05) is 27.7 Å². The van der Waals surface area contributed by atoms with Crippen molar-refractivity contribution in [1.82, 2.24) is 0 Å². The molecular weight excluding hydrogens is 486 g/mol. The summed E-state index contributed by atoms with van der Waals surface area (Å²) in [6.45, 7) is 13.7. The summed E-state index contributed by atoms with van der Waals surface area (Å²) in [5, 5.41) is 0. The highest BCUT2D eigenvalue weighted by Crippen LogP contribution is 2.30. The maximum Gasteiger partial charge on any atom is 0.514 e. The summed E-state index contributed by atoms with van der Waals surface area (Å²) in [4.78, 5) is 47.9. The number of nitrogens with two attached hydrogens (primary N) is 1.